The smallest absolute Gasteiger partial charge is 0.222 e. The maximum absolute atomic E-state index is 11.3. The van der Waals surface area contributed by atoms with Crippen LogP contribution in [0, 0.1) is 11.8 Å². The third kappa shape index (κ3) is 13.5. The van der Waals surface area contributed by atoms with Gasteiger partial charge in [0.15, 0.2) is 0 Å². The first-order valence-electron chi connectivity index (χ1n) is 7.67. The van der Waals surface area contributed by atoms with Gasteiger partial charge in [-0.15, -0.1) is 0 Å². The minimum absolute atomic E-state index is 0.0358. The van der Waals surface area contributed by atoms with Crippen LogP contribution in [0.3, 0.4) is 0 Å². The molecule has 0 aromatic heterocycles. The van der Waals surface area contributed by atoms with E-state index in [4.69, 9.17) is 0 Å². The van der Waals surface area contributed by atoms with Gasteiger partial charge in [-0.3, -0.25) is 9.59 Å². The van der Waals surface area contributed by atoms with Crippen LogP contribution < -0.4 is 16.0 Å². The number of Topliss-reactive ketones (excluding diaryl/α,β-unsaturated/α-hetero) is 1. The number of hydrogen-bond acceptors (Lipinski definition) is 4. The zero-order chi connectivity index (χ0) is 16.0. The SMILES string of the molecule is CC.CC(C)C(=O)CNCCNCCNC(=O)C(C)C. The van der Waals surface area contributed by atoms with Crippen LogP contribution in [0.4, 0.5) is 0 Å². The lowest BCUT2D eigenvalue weighted by Crippen LogP contribution is -2.37. The van der Waals surface area contributed by atoms with E-state index in [1.807, 2.05) is 41.5 Å². The van der Waals surface area contributed by atoms with Gasteiger partial charge < -0.3 is 16.0 Å². The van der Waals surface area contributed by atoms with Gasteiger partial charge in [0, 0.05) is 38.0 Å². The second-order valence-corrected chi connectivity index (χ2v) is 4.99. The third-order valence-electron chi connectivity index (χ3n) is 2.55. The molecule has 0 rings (SSSR count). The molecule has 0 unspecified atom stereocenters. The summed E-state index contributed by atoms with van der Waals surface area (Å²) in [5.41, 5.74) is 0. The topological polar surface area (TPSA) is 70.2 Å². The van der Waals surface area contributed by atoms with Crippen LogP contribution in [0.1, 0.15) is 41.5 Å². The normalized spacial score (nSPS) is 10.2. The Morgan fingerprint density at radius 3 is 1.80 bits per heavy atom. The van der Waals surface area contributed by atoms with E-state index in [0.29, 0.717) is 13.1 Å². The molecule has 0 bridgehead atoms. The summed E-state index contributed by atoms with van der Waals surface area (Å²) < 4.78 is 0. The molecule has 0 aliphatic rings. The molecule has 0 spiro atoms. The largest absolute Gasteiger partial charge is 0.355 e. The fourth-order valence-electron chi connectivity index (χ4n) is 1.20. The summed E-state index contributed by atoms with van der Waals surface area (Å²) in [6.45, 7) is 14.9. The molecule has 120 valence electrons. The molecule has 0 radical (unpaired) electrons. The first kappa shape index (κ1) is 21.4. The van der Waals surface area contributed by atoms with Crippen LogP contribution in [0.2, 0.25) is 0 Å². The van der Waals surface area contributed by atoms with Crippen molar-refractivity contribution in [1.29, 1.82) is 0 Å². The molecule has 0 fully saturated rings. The molecule has 0 saturated carbocycles. The molecule has 0 atom stereocenters. The van der Waals surface area contributed by atoms with Crippen LogP contribution in [-0.2, 0) is 9.59 Å². The summed E-state index contributed by atoms with van der Waals surface area (Å²) in [5.74, 6) is 0.446. The number of amides is 1. The number of nitrogens with one attached hydrogen (secondary N) is 3. The van der Waals surface area contributed by atoms with E-state index in [-0.39, 0.29) is 23.5 Å². The molecule has 0 saturated heterocycles. The van der Waals surface area contributed by atoms with Crippen molar-refractivity contribution in [2.24, 2.45) is 11.8 Å². The Bertz CT molecular complexity index is 228. The van der Waals surface area contributed by atoms with Gasteiger partial charge in [0.1, 0.15) is 5.78 Å². The Hall–Kier alpha value is -0.940. The van der Waals surface area contributed by atoms with E-state index in [1.54, 1.807) is 0 Å². The molecule has 0 heterocycles. The van der Waals surface area contributed by atoms with Crippen molar-refractivity contribution >= 4 is 11.7 Å². The molecule has 0 aliphatic carbocycles. The van der Waals surface area contributed by atoms with E-state index < -0.39 is 0 Å². The van der Waals surface area contributed by atoms with Gasteiger partial charge in [0.25, 0.3) is 0 Å². The summed E-state index contributed by atoms with van der Waals surface area (Å²) in [4.78, 5) is 22.5. The zero-order valence-corrected chi connectivity index (χ0v) is 14.0. The molecular formula is C15H33N3O2. The Kier molecular flexibility index (Phi) is 15.5. The average molecular weight is 287 g/mol. The molecule has 3 N–H and O–H groups in total. The van der Waals surface area contributed by atoms with Crippen LogP contribution in [0.15, 0.2) is 0 Å². The number of carbonyl (C=O) groups is 2. The monoisotopic (exact) mass is 287 g/mol. The molecular weight excluding hydrogens is 254 g/mol. The predicted molar refractivity (Wildman–Crippen MR) is 84.8 cm³/mol. The van der Waals surface area contributed by atoms with Crippen molar-refractivity contribution in [3.63, 3.8) is 0 Å². The van der Waals surface area contributed by atoms with Crippen LogP contribution in [0.5, 0.6) is 0 Å². The quantitative estimate of drug-likeness (QED) is 0.528. The highest BCUT2D eigenvalue weighted by atomic mass is 16.1. The third-order valence-corrected chi connectivity index (χ3v) is 2.55. The van der Waals surface area contributed by atoms with E-state index in [1.165, 1.54) is 0 Å². The Balaban J connectivity index is 0. The lowest BCUT2D eigenvalue weighted by atomic mass is 10.1. The molecule has 20 heavy (non-hydrogen) atoms. The number of rotatable bonds is 10. The minimum Gasteiger partial charge on any atom is -0.355 e. The van der Waals surface area contributed by atoms with E-state index in [9.17, 15) is 9.59 Å². The molecule has 0 aromatic rings. The van der Waals surface area contributed by atoms with Gasteiger partial charge in [-0.05, 0) is 0 Å². The lowest BCUT2D eigenvalue weighted by molar-refractivity contribution is -0.124. The van der Waals surface area contributed by atoms with E-state index in [2.05, 4.69) is 16.0 Å². The van der Waals surface area contributed by atoms with Crippen LogP contribution in [-0.4, -0.2) is 44.4 Å². The summed E-state index contributed by atoms with van der Waals surface area (Å²) in [6.07, 6.45) is 0. The number of ketones is 1. The molecule has 0 aliphatic heterocycles. The summed E-state index contributed by atoms with van der Waals surface area (Å²) in [6, 6.07) is 0. The summed E-state index contributed by atoms with van der Waals surface area (Å²) in [7, 11) is 0. The summed E-state index contributed by atoms with van der Waals surface area (Å²) in [5, 5.41) is 9.11. The average Bonchev–Trinajstić information content (AvgIpc) is 2.43. The van der Waals surface area contributed by atoms with Gasteiger partial charge in [0.2, 0.25) is 5.91 Å². The Labute approximate surface area is 124 Å². The zero-order valence-electron chi connectivity index (χ0n) is 14.0. The number of hydrogen-bond donors (Lipinski definition) is 3. The Morgan fingerprint density at radius 1 is 0.800 bits per heavy atom. The maximum atomic E-state index is 11.3. The van der Waals surface area contributed by atoms with Crippen molar-refractivity contribution < 1.29 is 9.59 Å². The molecule has 5 nitrogen and oxygen atoms in total. The van der Waals surface area contributed by atoms with Gasteiger partial charge in [0.05, 0.1) is 6.54 Å². The highest BCUT2D eigenvalue weighted by molar-refractivity contribution is 5.82. The second-order valence-electron chi connectivity index (χ2n) is 4.99. The Morgan fingerprint density at radius 2 is 1.30 bits per heavy atom. The van der Waals surface area contributed by atoms with Gasteiger partial charge in [-0.25, -0.2) is 0 Å². The fraction of sp³-hybridized carbons (Fsp3) is 0.867. The summed E-state index contributed by atoms with van der Waals surface area (Å²) >= 11 is 0. The minimum atomic E-state index is 0.0358. The van der Waals surface area contributed by atoms with E-state index in [0.717, 1.165) is 19.6 Å². The van der Waals surface area contributed by atoms with Crippen molar-refractivity contribution in [3.8, 4) is 0 Å². The second kappa shape index (κ2) is 14.5. The van der Waals surface area contributed by atoms with Crippen molar-refractivity contribution in [2.75, 3.05) is 32.7 Å². The first-order chi connectivity index (χ1) is 9.45. The van der Waals surface area contributed by atoms with E-state index >= 15 is 0 Å². The molecule has 0 aromatic carbocycles. The van der Waals surface area contributed by atoms with Crippen molar-refractivity contribution in [1.82, 2.24) is 16.0 Å². The molecule has 5 heteroatoms. The van der Waals surface area contributed by atoms with Gasteiger partial charge >= 0.3 is 0 Å². The van der Waals surface area contributed by atoms with Crippen molar-refractivity contribution in [3.05, 3.63) is 0 Å². The standard InChI is InChI=1S/C13H27N3O2.C2H6/c1-10(2)12(17)9-15-6-5-14-7-8-16-13(18)11(3)4;1-2/h10-11,14-15H,5-9H2,1-4H3,(H,16,18);1-2H3. The first-order valence-corrected chi connectivity index (χ1v) is 7.67. The van der Waals surface area contributed by atoms with Crippen LogP contribution >= 0.6 is 0 Å². The predicted octanol–water partition coefficient (Wildman–Crippen LogP) is 1.19. The van der Waals surface area contributed by atoms with Gasteiger partial charge in [-0.2, -0.15) is 0 Å². The van der Waals surface area contributed by atoms with Gasteiger partial charge in [-0.1, -0.05) is 41.5 Å². The molecule has 1 amide bonds. The van der Waals surface area contributed by atoms with Crippen molar-refractivity contribution in [2.45, 2.75) is 41.5 Å². The number of carbonyl (C=O) groups excluding carboxylic acids is 2. The maximum Gasteiger partial charge on any atom is 0.222 e. The fourth-order valence-corrected chi connectivity index (χ4v) is 1.20. The van der Waals surface area contributed by atoms with Crippen LogP contribution in [0.25, 0.3) is 0 Å². The lowest BCUT2D eigenvalue weighted by Gasteiger charge is -2.09. The highest BCUT2D eigenvalue weighted by Gasteiger charge is 2.05. The highest BCUT2D eigenvalue weighted by Crippen LogP contribution is 1.91.